The predicted molar refractivity (Wildman–Crippen MR) is 53.3 cm³/mol. The van der Waals surface area contributed by atoms with Gasteiger partial charge in [0.2, 0.25) is 0 Å². The molecule has 0 unspecified atom stereocenters. The molecule has 0 amide bonds. The molecule has 0 bridgehead atoms. The number of aromatic amines is 1. The fourth-order valence-corrected chi connectivity index (χ4v) is 2.45. The lowest BCUT2D eigenvalue weighted by molar-refractivity contribution is 0.776. The monoisotopic (exact) mass is 196 g/mol. The molecule has 1 aliphatic rings. The average Bonchev–Trinajstić information content (AvgIpc) is 2.18. The molecule has 0 aromatic carbocycles. The van der Waals surface area contributed by atoms with Gasteiger partial charge in [-0.2, -0.15) is 0 Å². The third-order valence-corrected chi connectivity index (χ3v) is 3.34. The van der Waals surface area contributed by atoms with Crippen molar-refractivity contribution in [3.05, 3.63) is 21.9 Å². The van der Waals surface area contributed by atoms with Crippen LogP contribution in [0.1, 0.15) is 24.9 Å². The highest BCUT2D eigenvalue weighted by Gasteiger charge is 2.15. The van der Waals surface area contributed by atoms with Crippen LogP contribution in [0.2, 0.25) is 0 Å². The SMILES string of the molecule is CCc1nc2c(c(=O)[nH]1)SCCC2. The van der Waals surface area contributed by atoms with Crippen LogP contribution in [0.4, 0.5) is 0 Å². The van der Waals surface area contributed by atoms with Crippen LogP contribution >= 0.6 is 11.8 Å². The lowest BCUT2D eigenvalue weighted by Crippen LogP contribution is -2.19. The summed E-state index contributed by atoms with van der Waals surface area (Å²) in [4.78, 5) is 19.6. The summed E-state index contributed by atoms with van der Waals surface area (Å²) in [5.74, 6) is 1.86. The summed E-state index contributed by atoms with van der Waals surface area (Å²) in [5, 5.41) is 0. The fourth-order valence-electron chi connectivity index (χ4n) is 1.46. The number of hydrogen-bond donors (Lipinski definition) is 1. The molecular formula is C9H12N2OS. The van der Waals surface area contributed by atoms with E-state index in [1.165, 1.54) is 0 Å². The van der Waals surface area contributed by atoms with E-state index in [4.69, 9.17) is 0 Å². The minimum Gasteiger partial charge on any atom is -0.310 e. The Labute approximate surface area is 81.0 Å². The number of aryl methyl sites for hydroxylation is 2. The largest absolute Gasteiger partial charge is 0.310 e. The van der Waals surface area contributed by atoms with Gasteiger partial charge in [-0.1, -0.05) is 6.92 Å². The van der Waals surface area contributed by atoms with E-state index in [2.05, 4.69) is 9.97 Å². The summed E-state index contributed by atoms with van der Waals surface area (Å²) in [7, 11) is 0. The van der Waals surface area contributed by atoms with Crippen molar-refractivity contribution in [1.82, 2.24) is 9.97 Å². The number of H-pyrrole nitrogens is 1. The fraction of sp³-hybridized carbons (Fsp3) is 0.556. The average molecular weight is 196 g/mol. The molecule has 0 radical (unpaired) electrons. The number of aromatic nitrogens is 2. The summed E-state index contributed by atoms with van der Waals surface area (Å²) in [5.41, 5.74) is 1.04. The van der Waals surface area contributed by atoms with Crippen molar-refractivity contribution in [3.8, 4) is 0 Å². The van der Waals surface area contributed by atoms with Gasteiger partial charge in [-0.25, -0.2) is 4.98 Å². The molecule has 2 heterocycles. The van der Waals surface area contributed by atoms with E-state index in [1.807, 2.05) is 6.92 Å². The number of fused-ring (bicyclic) bond motifs is 1. The highest BCUT2D eigenvalue weighted by molar-refractivity contribution is 7.99. The predicted octanol–water partition coefficient (Wildman–Crippen LogP) is 1.37. The second-order valence-electron chi connectivity index (χ2n) is 3.09. The summed E-state index contributed by atoms with van der Waals surface area (Å²) < 4.78 is 0. The lowest BCUT2D eigenvalue weighted by Gasteiger charge is -2.13. The van der Waals surface area contributed by atoms with Crippen LogP contribution in [-0.4, -0.2) is 15.7 Å². The summed E-state index contributed by atoms with van der Waals surface area (Å²) in [6.45, 7) is 2.00. The quantitative estimate of drug-likeness (QED) is 0.738. The maximum Gasteiger partial charge on any atom is 0.264 e. The van der Waals surface area contributed by atoms with Crippen LogP contribution in [0.5, 0.6) is 0 Å². The Kier molecular flexibility index (Phi) is 2.40. The molecule has 0 saturated heterocycles. The standard InChI is InChI=1S/C9H12N2OS/c1-2-7-10-6-4-3-5-13-8(6)9(12)11-7/h2-5H2,1H3,(H,10,11,12). The number of rotatable bonds is 1. The molecule has 1 aliphatic heterocycles. The molecule has 2 rings (SSSR count). The topological polar surface area (TPSA) is 45.8 Å². The lowest BCUT2D eigenvalue weighted by atomic mass is 10.2. The van der Waals surface area contributed by atoms with Gasteiger partial charge in [0.1, 0.15) is 5.82 Å². The van der Waals surface area contributed by atoms with Crippen molar-refractivity contribution in [1.29, 1.82) is 0 Å². The van der Waals surface area contributed by atoms with Gasteiger partial charge in [0.05, 0.1) is 10.6 Å². The number of nitrogens with zero attached hydrogens (tertiary/aromatic N) is 1. The van der Waals surface area contributed by atoms with Crippen molar-refractivity contribution in [3.63, 3.8) is 0 Å². The molecule has 1 aromatic heterocycles. The van der Waals surface area contributed by atoms with Crippen molar-refractivity contribution < 1.29 is 0 Å². The van der Waals surface area contributed by atoms with Gasteiger partial charge in [-0.15, -0.1) is 11.8 Å². The Hall–Kier alpha value is -0.770. The first-order valence-corrected chi connectivity index (χ1v) is 5.54. The summed E-state index contributed by atoms with van der Waals surface area (Å²) in [6, 6.07) is 0. The number of hydrogen-bond acceptors (Lipinski definition) is 3. The van der Waals surface area contributed by atoms with Crippen LogP contribution in [0.15, 0.2) is 9.69 Å². The molecule has 70 valence electrons. The third kappa shape index (κ3) is 1.63. The van der Waals surface area contributed by atoms with E-state index in [-0.39, 0.29) is 5.56 Å². The molecule has 0 fully saturated rings. The van der Waals surface area contributed by atoms with Gasteiger partial charge in [0.15, 0.2) is 0 Å². The van der Waals surface area contributed by atoms with Gasteiger partial charge in [0, 0.05) is 6.42 Å². The number of nitrogens with one attached hydrogen (secondary N) is 1. The molecule has 1 N–H and O–H groups in total. The Morgan fingerprint density at radius 2 is 2.46 bits per heavy atom. The molecule has 13 heavy (non-hydrogen) atoms. The van der Waals surface area contributed by atoms with Crippen molar-refractivity contribution in [2.24, 2.45) is 0 Å². The first-order chi connectivity index (χ1) is 6.31. The van der Waals surface area contributed by atoms with E-state index in [0.29, 0.717) is 0 Å². The van der Waals surface area contributed by atoms with Gasteiger partial charge in [0.25, 0.3) is 5.56 Å². The highest BCUT2D eigenvalue weighted by atomic mass is 32.2. The third-order valence-electron chi connectivity index (χ3n) is 2.14. The Morgan fingerprint density at radius 3 is 3.23 bits per heavy atom. The first kappa shape index (κ1) is 8.81. The van der Waals surface area contributed by atoms with Crippen LogP contribution in [-0.2, 0) is 12.8 Å². The van der Waals surface area contributed by atoms with Gasteiger partial charge < -0.3 is 4.98 Å². The zero-order valence-corrected chi connectivity index (χ0v) is 8.41. The maximum atomic E-state index is 11.5. The van der Waals surface area contributed by atoms with E-state index >= 15 is 0 Å². The minimum absolute atomic E-state index is 0.0477. The van der Waals surface area contributed by atoms with E-state index in [1.54, 1.807) is 11.8 Å². The summed E-state index contributed by atoms with van der Waals surface area (Å²) >= 11 is 1.63. The zero-order chi connectivity index (χ0) is 9.26. The normalized spacial score (nSPS) is 15.5. The highest BCUT2D eigenvalue weighted by Crippen LogP contribution is 2.24. The minimum atomic E-state index is 0.0477. The molecule has 0 spiro atoms. The molecular weight excluding hydrogens is 184 g/mol. The maximum absolute atomic E-state index is 11.5. The zero-order valence-electron chi connectivity index (χ0n) is 7.59. The second kappa shape index (κ2) is 3.54. The molecule has 0 aliphatic carbocycles. The van der Waals surface area contributed by atoms with Gasteiger partial charge in [-0.05, 0) is 18.6 Å². The van der Waals surface area contributed by atoms with Crippen molar-refractivity contribution in [2.45, 2.75) is 31.1 Å². The molecule has 0 saturated carbocycles. The first-order valence-electron chi connectivity index (χ1n) is 4.56. The molecule has 3 nitrogen and oxygen atoms in total. The summed E-state index contributed by atoms with van der Waals surface area (Å²) in [6.07, 6.45) is 2.89. The molecule has 0 atom stereocenters. The van der Waals surface area contributed by atoms with Crippen LogP contribution < -0.4 is 5.56 Å². The van der Waals surface area contributed by atoms with Crippen LogP contribution in [0.25, 0.3) is 0 Å². The van der Waals surface area contributed by atoms with E-state index < -0.39 is 0 Å². The van der Waals surface area contributed by atoms with Crippen molar-refractivity contribution >= 4 is 11.8 Å². The van der Waals surface area contributed by atoms with Crippen LogP contribution in [0.3, 0.4) is 0 Å². The number of thioether (sulfide) groups is 1. The van der Waals surface area contributed by atoms with E-state index in [9.17, 15) is 4.79 Å². The van der Waals surface area contributed by atoms with Gasteiger partial charge in [-0.3, -0.25) is 4.79 Å². The Morgan fingerprint density at radius 1 is 1.62 bits per heavy atom. The molecule has 4 heteroatoms. The van der Waals surface area contributed by atoms with Gasteiger partial charge >= 0.3 is 0 Å². The van der Waals surface area contributed by atoms with Crippen molar-refractivity contribution in [2.75, 3.05) is 5.75 Å². The Balaban J connectivity index is 2.53. The molecule has 1 aromatic rings. The van der Waals surface area contributed by atoms with E-state index in [0.717, 1.165) is 41.4 Å². The smallest absolute Gasteiger partial charge is 0.264 e. The van der Waals surface area contributed by atoms with Crippen LogP contribution in [0, 0.1) is 0 Å². The Bertz CT molecular complexity index is 372. The second-order valence-corrected chi connectivity index (χ2v) is 4.20.